The lowest BCUT2D eigenvalue weighted by Gasteiger charge is -2.36. The molecule has 0 spiro atoms. The predicted molar refractivity (Wildman–Crippen MR) is 68.9 cm³/mol. The molecule has 17 heavy (non-hydrogen) atoms. The molecule has 0 radical (unpaired) electrons. The number of amides is 2. The molecule has 1 heterocycles. The van der Waals surface area contributed by atoms with Gasteiger partial charge in [-0.05, 0) is 6.26 Å². The van der Waals surface area contributed by atoms with Crippen LogP contribution in [0.1, 0.15) is 0 Å². The van der Waals surface area contributed by atoms with Crippen LogP contribution in [0.25, 0.3) is 0 Å². The highest BCUT2D eigenvalue weighted by molar-refractivity contribution is 7.98. The second-order valence-electron chi connectivity index (χ2n) is 3.38. The third-order valence-electron chi connectivity index (χ3n) is 2.00. The van der Waals surface area contributed by atoms with E-state index in [1.807, 2.05) is 6.26 Å². The first-order valence-corrected chi connectivity index (χ1v) is 7.15. The number of alkyl carbamates (subject to hydrolysis) is 1. The Morgan fingerprint density at radius 2 is 2.24 bits per heavy atom. The van der Waals surface area contributed by atoms with Crippen molar-refractivity contribution >= 4 is 58.6 Å². The van der Waals surface area contributed by atoms with E-state index in [2.05, 4.69) is 15.4 Å². The molecule has 1 rings (SSSR count). The van der Waals surface area contributed by atoms with Crippen LogP contribution in [0.5, 0.6) is 0 Å². The van der Waals surface area contributed by atoms with E-state index in [1.54, 1.807) is 11.8 Å². The number of nitrogens with one attached hydrogen (secondary N) is 2. The molecule has 1 aliphatic heterocycles. The van der Waals surface area contributed by atoms with Crippen LogP contribution in [0.3, 0.4) is 0 Å². The van der Waals surface area contributed by atoms with Crippen LogP contribution in [0, 0.1) is 0 Å². The monoisotopic (exact) mass is 320 g/mol. The number of rotatable bonds is 4. The molecule has 0 aromatic rings. The average molecular weight is 322 g/mol. The number of hydrogen-bond acceptors (Lipinski definition) is 4. The number of carbonyl (C=O) groups is 2. The number of ether oxygens (including phenoxy) is 1. The standard InChI is InChI=1S/C8H11Cl3N2O3S/c1-17-2-4-5(6(14)12-4)13-7(15)16-3-8(9,10)11/h4-5H,2-3H2,1H3,(H,12,14)(H,13,15)/t4-,5+/m0/s1. The summed E-state index contributed by atoms with van der Waals surface area (Å²) in [6.07, 6.45) is 1.13. The average Bonchev–Trinajstić information content (AvgIpc) is 2.22. The van der Waals surface area contributed by atoms with E-state index >= 15 is 0 Å². The van der Waals surface area contributed by atoms with Gasteiger partial charge in [-0.3, -0.25) is 4.79 Å². The number of halogens is 3. The van der Waals surface area contributed by atoms with Gasteiger partial charge in [-0.15, -0.1) is 0 Å². The smallest absolute Gasteiger partial charge is 0.408 e. The van der Waals surface area contributed by atoms with Gasteiger partial charge in [0.2, 0.25) is 9.70 Å². The van der Waals surface area contributed by atoms with Gasteiger partial charge in [-0.1, -0.05) is 34.8 Å². The van der Waals surface area contributed by atoms with E-state index in [0.29, 0.717) is 5.75 Å². The minimum atomic E-state index is -1.65. The number of alkyl halides is 3. The van der Waals surface area contributed by atoms with E-state index in [9.17, 15) is 9.59 Å². The van der Waals surface area contributed by atoms with Crippen molar-refractivity contribution in [1.82, 2.24) is 10.6 Å². The Morgan fingerprint density at radius 1 is 1.59 bits per heavy atom. The maximum absolute atomic E-state index is 11.3. The van der Waals surface area contributed by atoms with Crippen molar-refractivity contribution in [3.8, 4) is 0 Å². The summed E-state index contributed by atoms with van der Waals surface area (Å²) < 4.78 is 3.00. The molecule has 0 aliphatic carbocycles. The van der Waals surface area contributed by atoms with E-state index in [0.717, 1.165) is 0 Å². The molecule has 98 valence electrons. The zero-order chi connectivity index (χ0) is 13.1. The van der Waals surface area contributed by atoms with E-state index < -0.39 is 15.9 Å². The normalized spacial score (nSPS) is 23.6. The van der Waals surface area contributed by atoms with Crippen molar-refractivity contribution in [3.05, 3.63) is 0 Å². The summed E-state index contributed by atoms with van der Waals surface area (Å²) in [6.45, 7) is -0.370. The molecule has 2 amide bonds. The second-order valence-corrected chi connectivity index (χ2v) is 6.81. The second kappa shape index (κ2) is 6.22. The van der Waals surface area contributed by atoms with Crippen LogP contribution in [0.15, 0.2) is 0 Å². The Balaban J connectivity index is 2.32. The SMILES string of the molecule is CSC[C@@H]1NC(=O)[C@@H]1NC(=O)OCC(Cl)(Cl)Cl. The maximum Gasteiger partial charge on any atom is 0.408 e. The molecule has 1 aliphatic rings. The van der Waals surface area contributed by atoms with Crippen LogP contribution in [-0.2, 0) is 9.53 Å². The molecule has 1 saturated heterocycles. The maximum atomic E-state index is 11.3. The molecule has 0 bridgehead atoms. The molecule has 1 fully saturated rings. The molecule has 0 saturated carbocycles. The van der Waals surface area contributed by atoms with Gasteiger partial charge >= 0.3 is 6.09 Å². The molecule has 5 nitrogen and oxygen atoms in total. The highest BCUT2D eigenvalue weighted by Crippen LogP contribution is 2.25. The number of β-lactam (4-membered cyclic amide) rings is 1. The van der Waals surface area contributed by atoms with Crippen LogP contribution >= 0.6 is 46.6 Å². The Morgan fingerprint density at radius 3 is 2.71 bits per heavy atom. The lowest BCUT2D eigenvalue weighted by Crippen LogP contribution is -2.70. The van der Waals surface area contributed by atoms with Crippen molar-refractivity contribution in [2.45, 2.75) is 15.9 Å². The van der Waals surface area contributed by atoms with Gasteiger partial charge < -0.3 is 15.4 Å². The number of carbonyl (C=O) groups excluding carboxylic acids is 2. The zero-order valence-corrected chi connectivity index (χ0v) is 11.9. The molecule has 0 unspecified atom stereocenters. The van der Waals surface area contributed by atoms with E-state index in [4.69, 9.17) is 34.8 Å². The summed E-state index contributed by atoms with van der Waals surface area (Å²) in [7, 11) is 0. The zero-order valence-electron chi connectivity index (χ0n) is 8.84. The van der Waals surface area contributed by atoms with Gasteiger partial charge in [0.25, 0.3) is 0 Å². The summed E-state index contributed by atoms with van der Waals surface area (Å²) in [5.74, 6) is 0.469. The van der Waals surface area contributed by atoms with E-state index in [1.165, 1.54) is 0 Å². The van der Waals surface area contributed by atoms with Gasteiger partial charge in [-0.25, -0.2) is 4.79 Å². The van der Waals surface area contributed by atoms with Crippen LogP contribution in [0.2, 0.25) is 0 Å². The van der Waals surface area contributed by atoms with Crippen molar-refractivity contribution < 1.29 is 14.3 Å². The molecule has 0 aromatic carbocycles. The number of hydrogen-bond donors (Lipinski definition) is 2. The summed E-state index contributed by atoms with van der Waals surface area (Å²) in [5.41, 5.74) is 0. The third-order valence-corrected chi connectivity index (χ3v) is 3.02. The van der Waals surface area contributed by atoms with Gasteiger partial charge in [0.1, 0.15) is 12.6 Å². The summed E-state index contributed by atoms with van der Waals surface area (Å²) in [6, 6.07) is -0.664. The third kappa shape index (κ3) is 4.99. The summed E-state index contributed by atoms with van der Waals surface area (Å²) in [5, 5.41) is 5.07. The van der Waals surface area contributed by atoms with Crippen LogP contribution in [-0.4, -0.2) is 46.5 Å². The van der Waals surface area contributed by atoms with Gasteiger partial charge in [0.05, 0.1) is 6.04 Å². The quantitative estimate of drug-likeness (QED) is 0.605. The summed E-state index contributed by atoms with van der Waals surface area (Å²) in [4.78, 5) is 22.5. The minimum Gasteiger partial charge on any atom is -0.445 e. The van der Waals surface area contributed by atoms with E-state index in [-0.39, 0.29) is 18.6 Å². The highest BCUT2D eigenvalue weighted by Gasteiger charge is 2.40. The van der Waals surface area contributed by atoms with Crippen LogP contribution in [0.4, 0.5) is 4.79 Å². The van der Waals surface area contributed by atoms with Crippen molar-refractivity contribution in [3.63, 3.8) is 0 Å². The first-order chi connectivity index (χ1) is 7.83. The topological polar surface area (TPSA) is 67.4 Å². The van der Waals surface area contributed by atoms with Crippen molar-refractivity contribution in [1.29, 1.82) is 0 Å². The molecule has 9 heteroatoms. The Labute approximate surface area is 118 Å². The van der Waals surface area contributed by atoms with Crippen LogP contribution < -0.4 is 10.6 Å². The van der Waals surface area contributed by atoms with Gasteiger partial charge in [0.15, 0.2) is 0 Å². The Kier molecular flexibility index (Phi) is 5.50. The lowest BCUT2D eigenvalue weighted by molar-refractivity contribution is -0.130. The fourth-order valence-corrected chi connectivity index (χ4v) is 2.04. The Hall–Kier alpha value is -0.0400. The van der Waals surface area contributed by atoms with Gasteiger partial charge in [0, 0.05) is 5.75 Å². The molecular formula is C8H11Cl3N2O3S. The molecule has 0 aromatic heterocycles. The number of thioether (sulfide) groups is 1. The lowest BCUT2D eigenvalue weighted by atomic mass is 10.0. The molecule has 2 atom stereocenters. The molecular weight excluding hydrogens is 311 g/mol. The summed E-state index contributed by atoms with van der Waals surface area (Å²) >= 11 is 17.8. The molecule has 2 N–H and O–H groups in total. The first kappa shape index (κ1) is 15.0. The van der Waals surface area contributed by atoms with Crippen molar-refractivity contribution in [2.24, 2.45) is 0 Å². The minimum absolute atomic E-state index is 0.0854. The highest BCUT2D eigenvalue weighted by atomic mass is 35.6. The van der Waals surface area contributed by atoms with Crippen molar-refractivity contribution in [2.75, 3.05) is 18.6 Å². The fraction of sp³-hybridized carbons (Fsp3) is 0.750. The largest absolute Gasteiger partial charge is 0.445 e. The Bertz CT molecular complexity index is 311. The van der Waals surface area contributed by atoms with Gasteiger partial charge in [-0.2, -0.15) is 11.8 Å². The predicted octanol–water partition coefficient (Wildman–Crippen LogP) is 1.31. The fourth-order valence-electron chi connectivity index (χ4n) is 1.24. The first-order valence-electron chi connectivity index (χ1n) is 4.63.